The molecule has 5 nitrogen and oxygen atoms in total. The van der Waals surface area contributed by atoms with E-state index in [2.05, 4.69) is 5.32 Å². The molecule has 0 fully saturated rings. The molecule has 0 aliphatic carbocycles. The van der Waals surface area contributed by atoms with Gasteiger partial charge in [0.1, 0.15) is 5.75 Å². The van der Waals surface area contributed by atoms with E-state index in [0.717, 1.165) is 16.8 Å². The van der Waals surface area contributed by atoms with Crippen LogP contribution in [0.3, 0.4) is 0 Å². The van der Waals surface area contributed by atoms with Crippen LogP contribution in [-0.2, 0) is 17.9 Å². The molecule has 0 aliphatic rings. The predicted molar refractivity (Wildman–Crippen MR) is 106 cm³/mol. The fraction of sp³-hybridized carbons (Fsp3) is 0.190. The molecule has 27 heavy (non-hydrogen) atoms. The second-order valence-corrected chi connectivity index (χ2v) is 6.44. The largest absolute Gasteiger partial charge is 0.496 e. The van der Waals surface area contributed by atoms with Gasteiger partial charge in [-0.15, -0.1) is 0 Å². The molecule has 140 valence electrons. The summed E-state index contributed by atoms with van der Waals surface area (Å²) in [7, 11) is 3.19. The number of benzene rings is 2. The number of amides is 1. The van der Waals surface area contributed by atoms with Crippen molar-refractivity contribution in [1.29, 1.82) is 0 Å². The molecule has 0 aliphatic heterocycles. The first kappa shape index (κ1) is 19.0. The molecule has 0 spiro atoms. The summed E-state index contributed by atoms with van der Waals surface area (Å²) < 4.78 is 12.4. The molecule has 1 aromatic heterocycles. The Morgan fingerprint density at radius 3 is 2.52 bits per heavy atom. The second kappa shape index (κ2) is 8.75. The monoisotopic (exact) mass is 384 g/mol. The minimum Gasteiger partial charge on any atom is -0.496 e. The molecule has 2 aromatic carbocycles. The van der Waals surface area contributed by atoms with Gasteiger partial charge < -0.3 is 19.4 Å². The van der Waals surface area contributed by atoms with Crippen LogP contribution in [0.2, 0.25) is 5.02 Å². The van der Waals surface area contributed by atoms with Gasteiger partial charge in [-0.1, -0.05) is 35.9 Å². The zero-order valence-electron chi connectivity index (χ0n) is 15.2. The fourth-order valence-corrected chi connectivity index (χ4v) is 3.12. The maximum Gasteiger partial charge on any atom is 0.255 e. The molecule has 0 unspecified atom stereocenters. The van der Waals surface area contributed by atoms with Crippen LogP contribution in [0.4, 0.5) is 0 Å². The summed E-state index contributed by atoms with van der Waals surface area (Å²) in [5, 5.41) is 3.39. The predicted octanol–water partition coefficient (Wildman–Crippen LogP) is 4.22. The van der Waals surface area contributed by atoms with Gasteiger partial charge in [-0.2, -0.15) is 0 Å². The quantitative estimate of drug-likeness (QED) is 0.663. The van der Waals surface area contributed by atoms with E-state index < -0.39 is 0 Å². The summed E-state index contributed by atoms with van der Waals surface area (Å²) in [5.41, 5.74) is 3.20. The van der Waals surface area contributed by atoms with Gasteiger partial charge in [0.05, 0.1) is 30.0 Å². The van der Waals surface area contributed by atoms with Gasteiger partial charge in [-0.25, -0.2) is 0 Å². The topological polar surface area (TPSA) is 52.5 Å². The molecule has 0 saturated heterocycles. The summed E-state index contributed by atoms with van der Waals surface area (Å²) >= 11 is 6.40. The van der Waals surface area contributed by atoms with Crippen LogP contribution in [0.25, 0.3) is 5.69 Å². The number of hydrogen-bond donors (Lipinski definition) is 1. The molecule has 0 radical (unpaired) electrons. The molecule has 3 rings (SSSR count). The number of methoxy groups -OCH3 is 2. The van der Waals surface area contributed by atoms with Crippen molar-refractivity contribution in [2.45, 2.75) is 13.2 Å². The number of halogens is 1. The highest BCUT2D eigenvalue weighted by molar-refractivity contribution is 6.33. The average molecular weight is 385 g/mol. The maximum absolute atomic E-state index is 12.7. The van der Waals surface area contributed by atoms with Gasteiger partial charge in [-0.05, 0) is 29.3 Å². The molecule has 6 heteroatoms. The minimum atomic E-state index is -0.245. The Labute approximate surface area is 163 Å². The van der Waals surface area contributed by atoms with Crippen molar-refractivity contribution < 1.29 is 14.3 Å². The molecule has 0 saturated carbocycles. The SMILES string of the molecule is COCc1cccc(CNC(=O)c2cc(Cl)c(-n3cccc3)cc2OC)c1. The summed E-state index contributed by atoms with van der Waals surface area (Å²) in [5.74, 6) is 0.221. The van der Waals surface area contributed by atoms with E-state index in [4.69, 9.17) is 21.1 Å². The molecule has 1 N–H and O–H groups in total. The lowest BCUT2D eigenvalue weighted by Gasteiger charge is -2.14. The Bertz CT molecular complexity index is 923. The van der Waals surface area contributed by atoms with E-state index in [1.54, 1.807) is 19.2 Å². The third kappa shape index (κ3) is 4.51. The summed E-state index contributed by atoms with van der Waals surface area (Å²) in [6.45, 7) is 0.933. The number of rotatable bonds is 7. The molecular formula is C21H21ClN2O3. The summed E-state index contributed by atoms with van der Waals surface area (Å²) in [4.78, 5) is 12.7. The number of carbonyl (C=O) groups is 1. The number of nitrogens with zero attached hydrogens (tertiary/aromatic N) is 1. The van der Waals surface area contributed by atoms with Crippen molar-refractivity contribution in [2.75, 3.05) is 14.2 Å². The van der Waals surface area contributed by atoms with Gasteiger partial charge in [0, 0.05) is 32.1 Å². The first-order valence-corrected chi connectivity index (χ1v) is 8.86. The van der Waals surface area contributed by atoms with Crippen LogP contribution >= 0.6 is 11.6 Å². The second-order valence-electron chi connectivity index (χ2n) is 6.03. The molecule has 3 aromatic rings. The van der Waals surface area contributed by atoms with Crippen molar-refractivity contribution in [3.05, 3.63) is 82.6 Å². The van der Waals surface area contributed by atoms with E-state index in [9.17, 15) is 4.79 Å². The first-order chi connectivity index (χ1) is 13.1. The van der Waals surface area contributed by atoms with Crippen LogP contribution in [0.15, 0.2) is 60.9 Å². The van der Waals surface area contributed by atoms with Crippen LogP contribution in [-0.4, -0.2) is 24.7 Å². The van der Waals surface area contributed by atoms with Crippen molar-refractivity contribution >= 4 is 17.5 Å². The highest BCUT2D eigenvalue weighted by atomic mass is 35.5. The highest BCUT2D eigenvalue weighted by Gasteiger charge is 2.16. The van der Waals surface area contributed by atoms with E-state index in [-0.39, 0.29) is 5.91 Å². The van der Waals surface area contributed by atoms with Gasteiger partial charge >= 0.3 is 0 Å². The fourth-order valence-electron chi connectivity index (χ4n) is 2.86. The number of aromatic nitrogens is 1. The Kier molecular flexibility index (Phi) is 6.16. The van der Waals surface area contributed by atoms with Crippen molar-refractivity contribution in [2.24, 2.45) is 0 Å². The first-order valence-electron chi connectivity index (χ1n) is 8.48. The van der Waals surface area contributed by atoms with Gasteiger partial charge in [-0.3, -0.25) is 4.79 Å². The van der Waals surface area contributed by atoms with Crippen LogP contribution < -0.4 is 10.1 Å². The summed E-state index contributed by atoms with van der Waals surface area (Å²) in [6, 6.07) is 15.1. The maximum atomic E-state index is 12.7. The van der Waals surface area contributed by atoms with Crippen molar-refractivity contribution in [3.8, 4) is 11.4 Å². The van der Waals surface area contributed by atoms with E-state index in [1.807, 2.05) is 53.4 Å². The summed E-state index contributed by atoms with van der Waals surface area (Å²) in [6.07, 6.45) is 3.76. The zero-order chi connectivity index (χ0) is 19.2. The van der Waals surface area contributed by atoms with E-state index >= 15 is 0 Å². The van der Waals surface area contributed by atoms with Crippen molar-refractivity contribution in [1.82, 2.24) is 9.88 Å². The Morgan fingerprint density at radius 1 is 1.07 bits per heavy atom. The lowest BCUT2D eigenvalue weighted by atomic mass is 10.1. The Morgan fingerprint density at radius 2 is 1.81 bits per heavy atom. The third-order valence-electron chi connectivity index (χ3n) is 4.15. The lowest BCUT2D eigenvalue weighted by molar-refractivity contribution is 0.0948. The standard InChI is InChI=1S/C21H21ClN2O3/c1-26-14-16-7-5-6-15(10-16)13-23-21(25)17-11-18(22)19(12-20(17)27-2)24-8-3-4-9-24/h3-12H,13-14H2,1-2H3,(H,23,25). The molecule has 0 bridgehead atoms. The van der Waals surface area contributed by atoms with Gasteiger partial charge in [0.2, 0.25) is 0 Å². The Balaban J connectivity index is 1.78. The lowest BCUT2D eigenvalue weighted by Crippen LogP contribution is -2.23. The van der Waals surface area contributed by atoms with Gasteiger partial charge in [0.15, 0.2) is 0 Å². The smallest absolute Gasteiger partial charge is 0.255 e. The molecule has 1 amide bonds. The third-order valence-corrected chi connectivity index (χ3v) is 4.45. The Hall–Kier alpha value is -2.76. The number of carbonyl (C=O) groups excluding carboxylic acids is 1. The van der Waals surface area contributed by atoms with E-state index in [1.165, 1.54) is 7.11 Å². The molecular weight excluding hydrogens is 364 g/mol. The average Bonchev–Trinajstić information content (AvgIpc) is 3.21. The number of nitrogens with one attached hydrogen (secondary N) is 1. The van der Waals surface area contributed by atoms with Crippen molar-refractivity contribution in [3.63, 3.8) is 0 Å². The number of hydrogen-bond acceptors (Lipinski definition) is 3. The van der Waals surface area contributed by atoms with E-state index in [0.29, 0.717) is 29.5 Å². The number of ether oxygens (including phenoxy) is 2. The van der Waals surface area contributed by atoms with Gasteiger partial charge in [0.25, 0.3) is 5.91 Å². The zero-order valence-corrected chi connectivity index (χ0v) is 16.0. The molecule has 0 atom stereocenters. The normalized spacial score (nSPS) is 10.6. The minimum absolute atomic E-state index is 0.245. The van der Waals surface area contributed by atoms with Crippen LogP contribution in [0, 0.1) is 0 Å². The van der Waals surface area contributed by atoms with Crippen LogP contribution in [0.5, 0.6) is 5.75 Å². The molecule has 1 heterocycles. The highest BCUT2D eigenvalue weighted by Crippen LogP contribution is 2.30. The van der Waals surface area contributed by atoms with Crippen LogP contribution in [0.1, 0.15) is 21.5 Å².